The molecule has 5 nitrogen and oxygen atoms in total. The Kier molecular flexibility index (Phi) is 3.87. The van der Waals surface area contributed by atoms with Gasteiger partial charge in [0.2, 0.25) is 0 Å². The van der Waals surface area contributed by atoms with Crippen molar-refractivity contribution >= 4 is 54.2 Å². The topological polar surface area (TPSA) is 85.9 Å². The number of benzene rings is 1. The van der Waals surface area contributed by atoms with Crippen LogP contribution in [0, 0.1) is 0 Å². The predicted octanol–water partition coefficient (Wildman–Crippen LogP) is 2.88. The fraction of sp³-hybridized carbons (Fsp3) is 0.0769. The lowest BCUT2D eigenvalue weighted by molar-refractivity contribution is 0.220. The molecule has 1 atom stereocenters. The molecule has 8 heteroatoms. The van der Waals surface area contributed by atoms with Crippen molar-refractivity contribution in [3.05, 3.63) is 63.7 Å². The van der Waals surface area contributed by atoms with Crippen LogP contribution < -0.4 is 11.1 Å². The third-order valence-corrected chi connectivity index (χ3v) is 5.43. The molecule has 2 aromatic heterocycles. The van der Waals surface area contributed by atoms with Crippen molar-refractivity contribution in [1.82, 2.24) is 9.97 Å². The number of fused-ring (bicyclic) bond motifs is 1. The van der Waals surface area contributed by atoms with Gasteiger partial charge in [-0.05, 0) is 55.6 Å². The fourth-order valence-corrected chi connectivity index (χ4v) is 4.91. The number of aromatic amines is 2. The Bertz CT molecular complexity index is 944. The van der Waals surface area contributed by atoms with Gasteiger partial charge >= 0.3 is 11.1 Å². The molecule has 0 aliphatic rings. The fourth-order valence-electron chi connectivity index (χ4n) is 2.02. The minimum atomic E-state index is -0.832. The highest BCUT2D eigenvalue weighted by molar-refractivity contribution is 9.12. The van der Waals surface area contributed by atoms with Gasteiger partial charge in [-0.3, -0.25) is 9.59 Å². The molecule has 0 radical (unpaired) electrons. The molecule has 108 valence electrons. The summed E-state index contributed by atoms with van der Waals surface area (Å²) in [5.74, 6) is 0. The smallest absolute Gasteiger partial charge is 0.314 e. The minimum Gasteiger partial charge on any atom is -0.384 e. The Labute approximate surface area is 138 Å². The van der Waals surface area contributed by atoms with E-state index >= 15 is 0 Å². The summed E-state index contributed by atoms with van der Waals surface area (Å²) in [5.41, 5.74) is 0.936. The van der Waals surface area contributed by atoms with E-state index in [1.54, 1.807) is 18.2 Å². The second kappa shape index (κ2) is 5.53. The van der Waals surface area contributed by atoms with Crippen LogP contribution in [0.4, 0.5) is 0 Å². The van der Waals surface area contributed by atoms with Crippen molar-refractivity contribution in [3.63, 3.8) is 0 Å². The third-order valence-electron chi connectivity index (χ3n) is 3.04. The number of aliphatic hydroxyl groups is 1. The molecule has 3 rings (SSSR count). The number of aromatic nitrogens is 2. The van der Waals surface area contributed by atoms with Crippen LogP contribution in [0.15, 0.2) is 41.4 Å². The number of H-pyrrole nitrogens is 2. The SMILES string of the molecule is O=c1[nH]c2ccc(C(O)c3cc(Br)sc3Br)cc2[nH]c1=O. The lowest BCUT2D eigenvalue weighted by Crippen LogP contribution is -2.28. The summed E-state index contributed by atoms with van der Waals surface area (Å²) in [6, 6.07) is 6.84. The summed E-state index contributed by atoms with van der Waals surface area (Å²) in [6.07, 6.45) is -0.832. The summed E-state index contributed by atoms with van der Waals surface area (Å²) in [7, 11) is 0. The van der Waals surface area contributed by atoms with Gasteiger partial charge in [0.1, 0.15) is 6.10 Å². The zero-order valence-electron chi connectivity index (χ0n) is 10.3. The molecule has 0 aliphatic carbocycles. The molecule has 3 N–H and O–H groups in total. The maximum Gasteiger partial charge on any atom is 0.314 e. The summed E-state index contributed by atoms with van der Waals surface area (Å²) in [6.45, 7) is 0. The van der Waals surface area contributed by atoms with Crippen molar-refractivity contribution in [2.45, 2.75) is 6.10 Å². The Morgan fingerprint density at radius 2 is 1.71 bits per heavy atom. The van der Waals surface area contributed by atoms with Crippen molar-refractivity contribution in [2.75, 3.05) is 0 Å². The van der Waals surface area contributed by atoms with E-state index in [1.165, 1.54) is 11.3 Å². The van der Waals surface area contributed by atoms with Crippen LogP contribution in [0.25, 0.3) is 11.0 Å². The number of rotatable bonds is 2. The second-order valence-electron chi connectivity index (χ2n) is 4.40. The van der Waals surface area contributed by atoms with Gasteiger partial charge in [0, 0.05) is 5.56 Å². The molecule has 0 fully saturated rings. The van der Waals surface area contributed by atoms with Crippen LogP contribution in [0.5, 0.6) is 0 Å². The molecule has 0 aliphatic heterocycles. The second-order valence-corrected chi connectivity index (χ2v) is 8.14. The summed E-state index contributed by atoms with van der Waals surface area (Å²) in [5, 5.41) is 10.5. The molecule has 1 unspecified atom stereocenters. The summed E-state index contributed by atoms with van der Waals surface area (Å²) < 4.78 is 1.74. The standard InChI is InChI=1S/C13H8Br2N2O3S/c14-9-4-6(11(15)21-9)10(18)5-1-2-7-8(3-5)17-13(20)12(19)16-7/h1-4,10,18H,(H,16,19)(H,17,20). The van der Waals surface area contributed by atoms with Crippen LogP contribution in [-0.2, 0) is 0 Å². The van der Waals surface area contributed by atoms with E-state index in [4.69, 9.17) is 0 Å². The van der Waals surface area contributed by atoms with Crippen LogP contribution in [-0.4, -0.2) is 15.1 Å². The number of thiophene rings is 1. The first-order valence-corrected chi connectivity index (χ1v) is 8.25. The van der Waals surface area contributed by atoms with E-state index in [0.717, 1.165) is 13.1 Å². The zero-order valence-corrected chi connectivity index (χ0v) is 14.3. The number of hydrogen-bond acceptors (Lipinski definition) is 4. The van der Waals surface area contributed by atoms with Gasteiger partial charge in [-0.2, -0.15) is 0 Å². The van der Waals surface area contributed by atoms with Gasteiger partial charge in [0.25, 0.3) is 0 Å². The lowest BCUT2D eigenvalue weighted by Gasteiger charge is -2.11. The number of hydrogen-bond donors (Lipinski definition) is 3. The van der Waals surface area contributed by atoms with Gasteiger partial charge in [0.05, 0.1) is 18.6 Å². The minimum absolute atomic E-state index is 0.474. The molecular weight excluding hydrogens is 424 g/mol. The first-order chi connectivity index (χ1) is 9.95. The van der Waals surface area contributed by atoms with Gasteiger partial charge in [-0.1, -0.05) is 6.07 Å². The Hall–Kier alpha value is -1.22. The number of nitrogens with one attached hydrogen (secondary N) is 2. The van der Waals surface area contributed by atoms with Gasteiger partial charge < -0.3 is 15.1 Å². The third kappa shape index (κ3) is 2.76. The van der Waals surface area contributed by atoms with Gasteiger partial charge in [0.15, 0.2) is 0 Å². The van der Waals surface area contributed by atoms with Crippen molar-refractivity contribution in [3.8, 4) is 0 Å². The molecule has 0 amide bonds. The molecule has 21 heavy (non-hydrogen) atoms. The van der Waals surface area contributed by atoms with Crippen molar-refractivity contribution < 1.29 is 5.11 Å². The number of halogens is 2. The largest absolute Gasteiger partial charge is 0.384 e. The highest BCUT2D eigenvalue weighted by Crippen LogP contribution is 2.38. The molecule has 0 saturated heterocycles. The maximum absolute atomic E-state index is 11.4. The lowest BCUT2D eigenvalue weighted by atomic mass is 10.0. The van der Waals surface area contributed by atoms with E-state index < -0.39 is 17.2 Å². The van der Waals surface area contributed by atoms with E-state index in [2.05, 4.69) is 41.8 Å². The van der Waals surface area contributed by atoms with Crippen LogP contribution in [0.1, 0.15) is 17.2 Å². The predicted molar refractivity (Wildman–Crippen MR) is 89.0 cm³/mol. The highest BCUT2D eigenvalue weighted by atomic mass is 79.9. The quantitative estimate of drug-likeness (QED) is 0.545. The Morgan fingerprint density at radius 3 is 2.33 bits per heavy atom. The van der Waals surface area contributed by atoms with E-state index in [1.807, 2.05) is 6.07 Å². The number of aliphatic hydroxyl groups excluding tert-OH is 1. The Morgan fingerprint density at radius 1 is 1.05 bits per heavy atom. The van der Waals surface area contributed by atoms with E-state index in [-0.39, 0.29) is 0 Å². The molecular formula is C13H8Br2N2O3S. The molecule has 2 heterocycles. The molecule has 0 spiro atoms. The molecule has 1 aromatic carbocycles. The summed E-state index contributed by atoms with van der Waals surface area (Å²) in [4.78, 5) is 27.6. The monoisotopic (exact) mass is 430 g/mol. The van der Waals surface area contributed by atoms with Crippen LogP contribution in [0.2, 0.25) is 0 Å². The van der Waals surface area contributed by atoms with E-state index in [0.29, 0.717) is 16.6 Å². The summed E-state index contributed by atoms with van der Waals surface area (Å²) >= 11 is 8.25. The van der Waals surface area contributed by atoms with Crippen LogP contribution >= 0.6 is 43.2 Å². The Balaban J connectivity index is 2.12. The molecule has 3 aromatic rings. The zero-order chi connectivity index (χ0) is 15.1. The van der Waals surface area contributed by atoms with Crippen molar-refractivity contribution in [2.24, 2.45) is 0 Å². The maximum atomic E-state index is 11.4. The normalized spacial score (nSPS) is 12.7. The highest BCUT2D eigenvalue weighted by Gasteiger charge is 2.17. The molecule has 0 bridgehead atoms. The van der Waals surface area contributed by atoms with Crippen LogP contribution in [0.3, 0.4) is 0 Å². The van der Waals surface area contributed by atoms with Gasteiger partial charge in [-0.25, -0.2) is 0 Å². The molecule has 0 saturated carbocycles. The van der Waals surface area contributed by atoms with E-state index in [9.17, 15) is 14.7 Å². The van der Waals surface area contributed by atoms with Crippen molar-refractivity contribution in [1.29, 1.82) is 0 Å². The first-order valence-electron chi connectivity index (χ1n) is 5.85. The average molecular weight is 432 g/mol. The average Bonchev–Trinajstić information content (AvgIpc) is 2.78. The first kappa shape index (κ1) is 14.7. The van der Waals surface area contributed by atoms with Gasteiger partial charge in [-0.15, -0.1) is 11.3 Å².